The third-order valence-electron chi connectivity index (χ3n) is 4.93. The summed E-state index contributed by atoms with van der Waals surface area (Å²) in [5.41, 5.74) is 0.155. The molecular weight excluding hydrogens is 246 g/mol. The fraction of sp³-hybridized carbons (Fsp3) is 0.941. The molecule has 0 radical (unpaired) electrons. The van der Waals surface area contributed by atoms with Crippen molar-refractivity contribution in [2.24, 2.45) is 11.3 Å². The zero-order chi connectivity index (χ0) is 15.2. The first-order valence-corrected chi connectivity index (χ1v) is 8.11. The molecule has 0 bridgehead atoms. The number of hydrogen-bond acceptors (Lipinski definition) is 3. The number of nitriles is 1. The van der Waals surface area contributed by atoms with Gasteiger partial charge < -0.3 is 10.2 Å². The quantitative estimate of drug-likeness (QED) is 0.726. The van der Waals surface area contributed by atoms with Crippen LogP contribution in [0.15, 0.2) is 0 Å². The number of nitrogens with zero attached hydrogens (tertiary/aromatic N) is 2. The smallest absolute Gasteiger partial charge is 0.0683 e. The zero-order valence-corrected chi connectivity index (χ0v) is 14.1. The molecule has 3 nitrogen and oxygen atoms in total. The van der Waals surface area contributed by atoms with Gasteiger partial charge in [-0.05, 0) is 66.1 Å². The highest BCUT2D eigenvalue weighted by Gasteiger charge is 2.36. The molecule has 0 aliphatic heterocycles. The fourth-order valence-corrected chi connectivity index (χ4v) is 3.39. The molecule has 1 rings (SSSR count). The Balaban J connectivity index is 2.36. The molecule has 0 spiro atoms. The first-order chi connectivity index (χ1) is 9.31. The molecule has 2 atom stereocenters. The maximum Gasteiger partial charge on any atom is 0.0683 e. The lowest BCUT2D eigenvalue weighted by atomic mass is 9.75. The van der Waals surface area contributed by atoms with Crippen LogP contribution in [0.25, 0.3) is 0 Å². The number of nitrogens with one attached hydrogen (secondary N) is 1. The molecule has 1 saturated carbocycles. The highest BCUT2D eigenvalue weighted by molar-refractivity contribution is 4.95. The van der Waals surface area contributed by atoms with Crippen LogP contribution < -0.4 is 5.32 Å². The van der Waals surface area contributed by atoms with Crippen LogP contribution in [0.5, 0.6) is 0 Å². The van der Waals surface area contributed by atoms with E-state index in [1.54, 1.807) is 0 Å². The van der Waals surface area contributed by atoms with Crippen molar-refractivity contribution in [1.29, 1.82) is 5.26 Å². The summed E-state index contributed by atoms with van der Waals surface area (Å²) in [5, 5.41) is 12.7. The van der Waals surface area contributed by atoms with E-state index in [4.69, 9.17) is 5.26 Å². The first-order valence-electron chi connectivity index (χ1n) is 8.11. The molecule has 1 aliphatic carbocycles. The Morgan fingerprint density at radius 3 is 2.65 bits per heavy atom. The summed E-state index contributed by atoms with van der Waals surface area (Å²) < 4.78 is 0. The molecular formula is C17H33N3. The van der Waals surface area contributed by atoms with Gasteiger partial charge in [0, 0.05) is 12.1 Å². The minimum Gasteiger partial charge on any atom is -0.315 e. The Morgan fingerprint density at radius 1 is 1.40 bits per heavy atom. The summed E-state index contributed by atoms with van der Waals surface area (Å²) in [7, 11) is 4.44. The van der Waals surface area contributed by atoms with Crippen molar-refractivity contribution in [2.45, 2.75) is 64.8 Å². The molecule has 1 N–H and O–H groups in total. The topological polar surface area (TPSA) is 39.1 Å². The SMILES string of the molecule is CC1CCCC(CNCCCC(C)(C)C#N)(N(C)C)C1. The summed E-state index contributed by atoms with van der Waals surface area (Å²) in [6, 6.07) is 2.38. The molecule has 0 aromatic rings. The molecule has 0 aromatic heterocycles. The van der Waals surface area contributed by atoms with E-state index in [0.717, 1.165) is 31.8 Å². The summed E-state index contributed by atoms with van der Waals surface area (Å²) in [6.07, 6.45) is 7.40. The Morgan fingerprint density at radius 2 is 2.10 bits per heavy atom. The van der Waals surface area contributed by atoms with Gasteiger partial charge in [0.05, 0.1) is 11.5 Å². The predicted octanol–water partition coefficient (Wildman–Crippen LogP) is 3.42. The molecule has 2 unspecified atom stereocenters. The third-order valence-corrected chi connectivity index (χ3v) is 4.93. The van der Waals surface area contributed by atoms with E-state index < -0.39 is 0 Å². The molecule has 3 heteroatoms. The van der Waals surface area contributed by atoms with Gasteiger partial charge in [-0.3, -0.25) is 0 Å². The Labute approximate surface area is 125 Å². The second-order valence-corrected chi connectivity index (χ2v) is 7.60. The number of hydrogen-bond donors (Lipinski definition) is 1. The summed E-state index contributed by atoms with van der Waals surface area (Å²) in [6.45, 7) is 8.54. The molecule has 1 aliphatic rings. The van der Waals surface area contributed by atoms with Crippen molar-refractivity contribution in [3.63, 3.8) is 0 Å². The average Bonchev–Trinajstić information content (AvgIpc) is 2.38. The minimum atomic E-state index is -0.180. The van der Waals surface area contributed by atoms with Gasteiger partial charge in [-0.2, -0.15) is 5.26 Å². The van der Waals surface area contributed by atoms with Crippen LogP contribution in [0.3, 0.4) is 0 Å². The van der Waals surface area contributed by atoms with Crippen molar-refractivity contribution < 1.29 is 0 Å². The summed E-state index contributed by atoms with van der Waals surface area (Å²) in [5.74, 6) is 0.838. The van der Waals surface area contributed by atoms with E-state index >= 15 is 0 Å². The zero-order valence-electron chi connectivity index (χ0n) is 14.1. The minimum absolute atomic E-state index is 0.180. The lowest BCUT2D eigenvalue weighted by Gasteiger charge is -2.45. The Hall–Kier alpha value is -0.590. The van der Waals surface area contributed by atoms with Crippen molar-refractivity contribution in [3.05, 3.63) is 0 Å². The van der Waals surface area contributed by atoms with Gasteiger partial charge in [0.15, 0.2) is 0 Å². The summed E-state index contributed by atoms with van der Waals surface area (Å²) >= 11 is 0. The Bertz CT molecular complexity index is 330. The fourth-order valence-electron chi connectivity index (χ4n) is 3.39. The van der Waals surface area contributed by atoms with Crippen molar-refractivity contribution in [3.8, 4) is 6.07 Å². The maximum atomic E-state index is 9.02. The van der Waals surface area contributed by atoms with E-state index in [1.165, 1.54) is 25.7 Å². The maximum absolute atomic E-state index is 9.02. The van der Waals surface area contributed by atoms with Crippen LogP contribution in [0.1, 0.15) is 59.3 Å². The van der Waals surface area contributed by atoms with Crippen LogP contribution in [0, 0.1) is 22.7 Å². The van der Waals surface area contributed by atoms with Crippen LogP contribution >= 0.6 is 0 Å². The molecule has 0 amide bonds. The van der Waals surface area contributed by atoms with Crippen LogP contribution in [-0.4, -0.2) is 37.6 Å². The lowest BCUT2D eigenvalue weighted by molar-refractivity contribution is 0.0752. The van der Waals surface area contributed by atoms with Gasteiger partial charge in [-0.25, -0.2) is 0 Å². The van der Waals surface area contributed by atoms with Gasteiger partial charge in [0.2, 0.25) is 0 Å². The van der Waals surface area contributed by atoms with E-state index in [-0.39, 0.29) is 5.41 Å². The van der Waals surface area contributed by atoms with Crippen molar-refractivity contribution >= 4 is 0 Å². The van der Waals surface area contributed by atoms with E-state index in [0.29, 0.717) is 5.54 Å². The highest BCUT2D eigenvalue weighted by atomic mass is 15.2. The van der Waals surface area contributed by atoms with Gasteiger partial charge >= 0.3 is 0 Å². The predicted molar refractivity (Wildman–Crippen MR) is 85.5 cm³/mol. The van der Waals surface area contributed by atoms with Gasteiger partial charge in [-0.15, -0.1) is 0 Å². The van der Waals surface area contributed by atoms with Crippen LogP contribution in [0.2, 0.25) is 0 Å². The number of rotatable bonds is 7. The second-order valence-electron chi connectivity index (χ2n) is 7.60. The normalized spacial score (nSPS) is 27.6. The van der Waals surface area contributed by atoms with Crippen LogP contribution in [-0.2, 0) is 0 Å². The molecule has 0 heterocycles. The van der Waals surface area contributed by atoms with Crippen LogP contribution in [0.4, 0.5) is 0 Å². The lowest BCUT2D eigenvalue weighted by Crippen LogP contribution is -2.54. The standard InChI is InChI=1S/C17H33N3/c1-15-8-6-10-17(12-15,20(4)5)14-19-11-7-9-16(2,3)13-18/h15,19H,6-12,14H2,1-5H3. The largest absolute Gasteiger partial charge is 0.315 e. The second kappa shape index (κ2) is 7.43. The van der Waals surface area contributed by atoms with E-state index in [9.17, 15) is 0 Å². The van der Waals surface area contributed by atoms with Gasteiger partial charge in [0.1, 0.15) is 0 Å². The van der Waals surface area contributed by atoms with Crippen molar-refractivity contribution in [2.75, 3.05) is 27.2 Å². The third kappa shape index (κ3) is 5.07. The molecule has 20 heavy (non-hydrogen) atoms. The molecule has 0 aromatic carbocycles. The van der Waals surface area contributed by atoms with Gasteiger partial charge in [-0.1, -0.05) is 19.8 Å². The summed E-state index contributed by atoms with van der Waals surface area (Å²) in [4.78, 5) is 2.43. The average molecular weight is 279 g/mol. The highest BCUT2D eigenvalue weighted by Crippen LogP contribution is 2.35. The first kappa shape index (κ1) is 17.5. The van der Waals surface area contributed by atoms with Crippen molar-refractivity contribution in [1.82, 2.24) is 10.2 Å². The molecule has 1 fully saturated rings. The van der Waals surface area contributed by atoms with Gasteiger partial charge in [0.25, 0.3) is 0 Å². The molecule has 116 valence electrons. The van der Waals surface area contributed by atoms with E-state index in [1.807, 2.05) is 13.8 Å². The number of likely N-dealkylation sites (N-methyl/N-ethyl adjacent to an activating group) is 1. The van der Waals surface area contributed by atoms with E-state index in [2.05, 4.69) is 37.3 Å². The monoisotopic (exact) mass is 279 g/mol. The molecule has 0 saturated heterocycles. The Kier molecular flexibility index (Phi) is 6.48.